The van der Waals surface area contributed by atoms with E-state index in [0.29, 0.717) is 6.61 Å². The predicted molar refractivity (Wildman–Crippen MR) is 96.2 cm³/mol. The molecular formula is C21H36O2. The summed E-state index contributed by atoms with van der Waals surface area (Å²) in [5.41, 5.74) is 0. The minimum atomic E-state index is -0.285. The number of carbonyl (C=O) groups is 1. The maximum Gasteiger partial charge on any atom is 0.330 e. The molecule has 0 atom stereocenters. The van der Waals surface area contributed by atoms with Gasteiger partial charge in [-0.2, -0.15) is 0 Å². The van der Waals surface area contributed by atoms with Crippen molar-refractivity contribution in [2.45, 2.75) is 84.0 Å². The maximum atomic E-state index is 11.0. The van der Waals surface area contributed by atoms with E-state index >= 15 is 0 Å². The van der Waals surface area contributed by atoms with Crippen molar-refractivity contribution >= 4 is 5.97 Å². The molecule has 2 fully saturated rings. The van der Waals surface area contributed by atoms with Crippen molar-refractivity contribution in [3.05, 3.63) is 12.7 Å². The van der Waals surface area contributed by atoms with Gasteiger partial charge in [-0.25, -0.2) is 4.79 Å². The van der Waals surface area contributed by atoms with E-state index in [4.69, 9.17) is 4.74 Å². The summed E-state index contributed by atoms with van der Waals surface area (Å²) >= 11 is 0. The quantitative estimate of drug-likeness (QED) is 0.316. The Labute approximate surface area is 143 Å². The first-order valence-electron chi connectivity index (χ1n) is 10.0. The maximum absolute atomic E-state index is 11.0. The lowest BCUT2D eigenvalue weighted by atomic mass is 9.68. The van der Waals surface area contributed by atoms with Gasteiger partial charge in [0.25, 0.3) is 0 Å². The first-order chi connectivity index (χ1) is 11.2. The smallest absolute Gasteiger partial charge is 0.330 e. The molecule has 2 nitrogen and oxygen atoms in total. The van der Waals surface area contributed by atoms with E-state index in [9.17, 15) is 4.79 Å². The monoisotopic (exact) mass is 320 g/mol. The lowest BCUT2D eigenvalue weighted by Crippen LogP contribution is -2.26. The molecule has 0 heterocycles. The van der Waals surface area contributed by atoms with Crippen molar-refractivity contribution in [1.82, 2.24) is 0 Å². The van der Waals surface area contributed by atoms with E-state index in [1.165, 1.54) is 76.7 Å². The second-order valence-electron chi connectivity index (χ2n) is 7.86. The molecule has 0 aromatic heterocycles. The molecule has 23 heavy (non-hydrogen) atoms. The van der Waals surface area contributed by atoms with Gasteiger partial charge in [0.2, 0.25) is 0 Å². The van der Waals surface area contributed by atoms with Gasteiger partial charge < -0.3 is 4.74 Å². The summed E-state index contributed by atoms with van der Waals surface area (Å²) in [6, 6.07) is 0. The van der Waals surface area contributed by atoms with Gasteiger partial charge in [0.05, 0.1) is 6.61 Å². The molecule has 0 bridgehead atoms. The van der Waals surface area contributed by atoms with Crippen LogP contribution in [0.3, 0.4) is 0 Å². The van der Waals surface area contributed by atoms with Crippen LogP contribution in [0.1, 0.15) is 84.0 Å². The molecule has 0 N–H and O–H groups in total. The number of carbonyl (C=O) groups excluding carboxylic acids is 1. The highest BCUT2D eigenvalue weighted by Gasteiger charge is 2.30. The summed E-state index contributed by atoms with van der Waals surface area (Å²) < 4.78 is 5.07. The average Bonchev–Trinajstić information content (AvgIpc) is 2.60. The molecule has 2 saturated carbocycles. The van der Waals surface area contributed by atoms with Gasteiger partial charge in [-0.1, -0.05) is 52.0 Å². The molecular weight excluding hydrogens is 284 g/mol. The number of esters is 1. The van der Waals surface area contributed by atoms with Crippen LogP contribution < -0.4 is 0 Å². The van der Waals surface area contributed by atoms with Gasteiger partial charge in [0, 0.05) is 6.08 Å². The van der Waals surface area contributed by atoms with Crippen LogP contribution in [0.5, 0.6) is 0 Å². The van der Waals surface area contributed by atoms with Gasteiger partial charge in [0.15, 0.2) is 0 Å². The lowest BCUT2D eigenvalue weighted by molar-refractivity contribution is -0.137. The lowest BCUT2D eigenvalue weighted by Gasteiger charge is -2.38. The summed E-state index contributed by atoms with van der Waals surface area (Å²) in [6.07, 6.45) is 18.0. The molecule has 132 valence electrons. The zero-order chi connectivity index (χ0) is 16.5. The fourth-order valence-corrected chi connectivity index (χ4v) is 4.91. The standard InChI is InChI=1S/C21H36O2/c1-3-6-17-8-12-19(13-9-17)20-14-10-18(11-15-20)7-5-16-23-21(22)4-2/h4,17-20H,2-3,5-16H2,1H3/t17-,18-,19-,20-. The molecule has 0 aromatic carbocycles. The molecule has 0 amide bonds. The first-order valence-corrected chi connectivity index (χ1v) is 10.0. The molecule has 2 heteroatoms. The number of hydrogen-bond donors (Lipinski definition) is 0. The van der Waals surface area contributed by atoms with Gasteiger partial charge in [0.1, 0.15) is 0 Å². The van der Waals surface area contributed by atoms with Crippen LogP contribution in [-0.2, 0) is 9.53 Å². The van der Waals surface area contributed by atoms with Crippen LogP contribution in [0.15, 0.2) is 12.7 Å². The highest BCUT2D eigenvalue weighted by molar-refractivity contribution is 5.81. The summed E-state index contributed by atoms with van der Waals surface area (Å²) in [5, 5.41) is 0. The topological polar surface area (TPSA) is 26.3 Å². The van der Waals surface area contributed by atoms with Crippen molar-refractivity contribution in [2.75, 3.05) is 6.61 Å². The third-order valence-corrected chi connectivity index (χ3v) is 6.31. The Morgan fingerprint density at radius 1 is 0.957 bits per heavy atom. The van der Waals surface area contributed by atoms with E-state index < -0.39 is 0 Å². The molecule has 2 rings (SSSR count). The van der Waals surface area contributed by atoms with Crippen molar-refractivity contribution in [2.24, 2.45) is 23.7 Å². The Balaban J connectivity index is 1.57. The molecule has 2 aliphatic rings. The van der Waals surface area contributed by atoms with Crippen LogP contribution in [0, 0.1) is 23.7 Å². The summed E-state index contributed by atoms with van der Waals surface area (Å²) in [5.74, 6) is 3.65. The third-order valence-electron chi connectivity index (χ3n) is 6.31. The molecule has 0 saturated heterocycles. The van der Waals surface area contributed by atoms with Crippen molar-refractivity contribution < 1.29 is 9.53 Å². The fourth-order valence-electron chi connectivity index (χ4n) is 4.91. The van der Waals surface area contributed by atoms with Crippen LogP contribution in [0.4, 0.5) is 0 Å². The minimum Gasteiger partial charge on any atom is -0.463 e. The van der Waals surface area contributed by atoms with Gasteiger partial charge >= 0.3 is 5.97 Å². The second-order valence-corrected chi connectivity index (χ2v) is 7.86. The number of hydrogen-bond acceptors (Lipinski definition) is 2. The Morgan fingerprint density at radius 2 is 1.48 bits per heavy atom. The van der Waals surface area contributed by atoms with Crippen LogP contribution in [0.2, 0.25) is 0 Å². The molecule has 0 aromatic rings. The molecule has 0 spiro atoms. The summed E-state index contributed by atoms with van der Waals surface area (Å²) in [4.78, 5) is 11.0. The second kappa shape index (κ2) is 10.2. The number of rotatable bonds is 8. The highest BCUT2D eigenvalue weighted by atomic mass is 16.5. The Hall–Kier alpha value is -0.790. The van der Waals surface area contributed by atoms with Gasteiger partial charge in [-0.15, -0.1) is 0 Å². The molecule has 0 aliphatic heterocycles. The van der Waals surface area contributed by atoms with Crippen molar-refractivity contribution in [3.8, 4) is 0 Å². The van der Waals surface area contributed by atoms with E-state index in [2.05, 4.69) is 13.5 Å². The predicted octanol–water partition coefficient (Wildman–Crippen LogP) is 5.91. The fraction of sp³-hybridized carbons (Fsp3) is 0.857. The van der Waals surface area contributed by atoms with Crippen molar-refractivity contribution in [1.29, 1.82) is 0 Å². The Bertz CT molecular complexity index is 347. The van der Waals surface area contributed by atoms with Gasteiger partial charge in [-0.3, -0.25) is 0 Å². The largest absolute Gasteiger partial charge is 0.463 e. The minimum absolute atomic E-state index is 0.285. The van der Waals surface area contributed by atoms with E-state index in [1.807, 2.05) is 0 Å². The van der Waals surface area contributed by atoms with Gasteiger partial charge in [-0.05, 0) is 62.2 Å². The molecule has 2 aliphatic carbocycles. The van der Waals surface area contributed by atoms with Crippen LogP contribution >= 0.6 is 0 Å². The number of ether oxygens (including phenoxy) is 1. The normalized spacial score (nSPS) is 31.5. The Kier molecular flexibility index (Phi) is 8.19. The van der Waals surface area contributed by atoms with Crippen molar-refractivity contribution in [3.63, 3.8) is 0 Å². The van der Waals surface area contributed by atoms with Crippen LogP contribution in [-0.4, -0.2) is 12.6 Å². The third kappa shape index (κ3) is 6.31. The van der Waals surface area contributed by atoms with E-state index in [0.717, 1.165) is 30.1 Å². The zero-order valence-corrected chi connectivity index (χ0v) is 15.1. The first kappa shape index (κ1) is 18.5. The van der Waals surface area contributed by atoms with E-state index in [-0.39, 0.29) is 5.97 Å². The molecule has 0 radical (unpaired) electrons. The zero-order valence-electron chi connectivity index (χ0n) is 15.1. The SMILES string of the molecule is C=CC(=O)OCCC[C@H]1CC[C@H]([C@H]2CC[C@H](CCC)CC2)CC1. The highest BCUT2D eigenvalue weighted by Crippen LogP contribution is 2.42. The molecule has 0 unspecified atom stereocenters. The van der Waals surface area contributed by atoms with E-state index in [1.54, 1.807) is 0 Å². The Morgan fingerprint density at radius 3 is 1.96 bits per heavy atom. The summed E-state index contributed by atoms with van der Waals surface area (Å²) in [7, 11) is 0. The summed E-state index contributed by atoms with van der Waals surface area (Å²) in [6.45, 7) is 6.31. The van der Waals surface area contributed by atoms with Crippen LogP contribution in [0.25, 0.3) is 0 Å². The average molecular weight is 321 g/mol.